The van der Waals surface area contributed by atoms with Gasteiger partial charge in [0.1, 0.15) is 5.25 Å². The molecule has 2 aromatic carbocycles. The number of thiophene rings is 1. The third-order valence-corrected chi connectivity index (χ3v) is 8.14. The number of amides is 2. The predicted octanol–water partition coefficient (Wildman–Crippen LogP) is 4.00. The van der Waals surface area contributed by atoms with Crippen molar-refractivity contribution in [3.63, 3.8) is 0 Å². The average molecular weight is 497 g/mol. The number of rotatable bonds is 7. The minimum absolute atomic E-state index is 0.0803. The lowest BCUT2D eigenvalue weighted by Gasteiger charge is -2.17. The summed E-state index contributed by atoms with van der Waals surface area (Å²) in [6, 6.07) is 16.0. The van der Waals surface area contributed by atoms with Crippen molar-refractivity contribution < 1.29 is 18.0 Å². The molecule has 0 fully saturated rings. The van der Waals surface area contributed by atoms with E-state index < -0.39 is 26.9 Å². The zero-order valence-corrected chi connectivity index (χ0v) is 19.2. The molecule has 1 atom stereocenters. The molecule has 0 aliphatic carbocycles. The Morgan fingerprint density at radius 2 is 1.45 bits per heavy atom. The molecule has 10 heteroatoms. The lowest BCUT2D eigenvalue weighted by molar-refractivity contribution is -0.139. The van der Waals surface area contributed by atoms with Crippen LogP contribution < -0.4 is 10.6 Å². The topological polar surface area (TPSA) is 92.3 Å². The Morgan fingerprint density at radius 3 is 2.03 bits per heavy atom. The normalized spacial score (nSPS) is 12.2. The first kappa shape index (κ1) is 23.3. The molecule has 31 heavy (non-hydrogen) atoms. The molecule has 3 rings (SSSR count). The van der Waals surface area contributed by atoms with Crippen LogP contribution in [-0.2, 0) is 26.0 Å². The van der Waals surface area contributed by atoms with E-state index in [4.69, 9.17) is 23.2 Å². The van der Waals surface area contributed by atoms with Gasteiger partial charge in [-0.25, -0.2) is 8.42 Å². The van der Waals surface area contributed by atoms with Gasteiger partial charge in [-0.1, -0.05) is 41.4 Å². The maximum absolute atomic E-state index is 13.2. The second-order valence-corrected chi connectivity index (χ2v) is 10.5. The van der Waals surface area contributed by atoms with Crippen LogP contribution in [0.5, 0.6) is 0 Å². The van der Waals surface area contributed by atoms with Gasteiger partial charge in [-0.3, -0.25) is 9.59 Å². The SMILES string of the molecule is O=C(NCc1ccc(Cl)cc1)C(=O)NC[C@H](c1cccs1)S(=O)(=O)c1ccc(Cl)cc1. The van der Waals surface area contributed by atoms with E-state index in [1.807, 2.05) is 0 Å². The zero-order chi connectivity index (χ0) is 22.4. The van der Waals surface area contributed by atoms with E-state index in [9.17, 15) is 18.0 Å². The Kier molecular flexibility index (Phi) is 7.72. The summed E-state index contributed by atoms with van der Waals surface area (Å²) in [5, 5.41) is 6.62. The molecule has 0 saturated heterocycles. The number of halogens is 2. The summed E-state index contributed by atoms with van der Waals surface area (Å²) in [5.41, 5.74) is 0.771. The molecule has 0 radical (unpaired) electrons. The highest BCUT2D eigenvalue weighted by Crippen LogP contribution is 2.31. The molecular formula is C21H18Cl2N2O4S2. The van der Waals surface area contributed by atoms with E-state index in [1.54, 1.807) is 41.8 Å². The summed E-state index contributed by atoms with van der Waals surface area (Å²) >= 11 is 12.9. The lowest BCUT2D eigenvalue weighted by Crippen LogP contribution is -2.42. The third kappa shape index (κ3) is 6.07. The Morgan fingerprint density at radius 1 is 0.871 bits per heavy atom. The fourth-order valence-corrected chi connectivity index (χ4v) is 5.79. The summed E-state index contributed by atoms with van der Waals surface area (Å²) < 4.78 is 26.3. The van der Waals surface area contributed by atoms with Gasteiger partial charge in [-0.15, -0.1) is 11.3 Å². The number of hydrogen-bond donors (Lipinski definition) is 2. The van der Waals surface area contributed by atoms with Crippen LogP contribution in [0.25, 0.3) is 0 Å². The standard InChI is InChI=1S/C21H18Cl2N2O4S2/c22-15-5-3-14(4-6-15)12-24-20(26)21(27)25-13-19(18-2-1-11-30-18)31(28,29)17-9-7-16(23)8-10-17/h1-11,19H,12-13H2,(H,24,26)(H,25,27)/t19-/m1/s1. The van der Waals surface area contributed by atoms with Crippen molar-refractivity contribution in [2.45, 2.75) is 16.7 Å². The summed E-state index contributed by atoms with van der Waals surface area (Å²) in [4.78, 5) is 25.0. The van der Waals surface area contributed by atoms with Gasteiger partial charge in [0, 0.05) is 28.0 Å². The van der Waals surface area contributed by atoms with Crippen LogP contribution in [0.1, 0.15) is 15.7 Å². The van der Waals surface area contributed by atoms with Crippen molar-refractivity contribution in [2.75, 3.05) is 6.54 Å². The fraction of sp³-hybridized carbons (Fsp3) is 0.143. The van der Waals surface area contributed by atoms with Crippen LogP contribution in [0, 0.1) is 0 Å². The molecule has 2 N–H and O–H groups in total. The largest absolute Gasteiger partial charge is 0.346 e. The van der Waals surface area contributed by atoms with Crippen LogP contribution >= 0.6 is 34.5 Å². The molecule has 0 unspecified atom stereocenters. The molecule has 0 saturated carbocycles. The Labute approximate surface area is 194 Å². The van der Waals surface area contributed by atoms with Crippen molar-refractivity contribution in [3.8, 4) is 0 Å². The molecular weight excluding hydrogens is 479 g/mol. The van der Waals surface area contributed by atoms with Gasteiger partial charge in [0.25, 0.3) is 0 Å². The Hall–Kier alpha value is -2.39. The molecule has 0 aliphatic rings. The third-order valence-electron chi connectivity index (χ3n) is 4.40. The van der Waals surface area contributed by atoms with Crippen LogP contribution in [-0.4, -0.2) is 26.8 Å². The van der Waals surface area contributed by atoms with Gasteiger partial charge in [-0.05, 0) is 53.4 Å². The maximum atomic E-state index is 13.2. The van der Waals surface area contributed by atoms with Crippen molar-refractivity contribution >= 4 is 56.2 Å². The highest BCUT2D eigenvalue weighted by atomic mass is 35.5. The summed E-state index contributed by atoms with van der Waals surface area (Å²) in [6.45, 7) is -0.112. The maximum Gasteiger partial charge on any atom is 0.309 e. The van der Waals surface area contributed by atoms with E-state index in [2.05, 4.69) is 10.6 Å². The lowest BCUT2D eigenvalue weighted by atomic mass is 10.2. The summed E-state index contributed by atoms with van der Waals surface area (Å²) in [6.07, 6.45) is 0. The van der Waals surface area contributed by atoms with Gasteiger partial charge in [-0.2, -0.15) is 0 Å². The minimum Gasteiger partial charge on any atom is -0.346 e. The molecule has 3 aromatic rings. The predicted molar refractivity (Wildman–Crippen MR) is 122 cm³/mol. The highest BCUT2D eigenvalue weighted by Gasteiger charge is 2.31. The average Bonchev–Trinajstić information content (AvgIpc) is 3.27. The van der Waals surface area contributed by atoms with E-state index >= 15 is 0 Å². The second-order valence-electron chi connectivity index (χ2n) is 6.52. The number of hydrogen-bond acceptors (Lipinski definition) is 5. The Bertz CT molecular complexity index is 1150. The number of carbonyl (C=O) groups is 2. The van der Waals surface area contributed by atoms with Crippen molar-refractivity contribution in [1.29, 1.82) is 0 Å². The second kappa shape index (κ2) is 10.3. The molecule has 1 aromatic heterocycles. The molecule has 1 heterocycles. The summed E-state index contributed by atoms with van der Waals surface area (Å²) in [7, 11) is -3.83. The van der Waals surface area contributed by atoms with Gasteiger partial charge in [0.05, 0.1) is 4.90 Å². The van der Waals surface area contributed by atoms with Gasteiger partial charge in [0.2, 0.25) is 0 Å². The molecule has 0 aliphatic heterocycles. The van der Waals surface area contributed by atoms with Crippen molar-refractivity contribution in [2.24, 2.45) is 0 Å². The molecule has 162 valence electrons. The Balaban J connectivity index is 1.68. The van der Waals surface area contributed by atoms with Crippen LogP contribution in [0.3, 0.4) is 0 Å². The number of nitrogens with one attached hydrogen (secondary N) is 2. The van der Waals surface area contributed by atoms with Crippen LogP contribution in [0.2, 0.25) is 10.0 Å². The van der Waals surface area contributed by atoms with Gasteiger partial charge >= 0.3 is 11.8 Å². The first-order valence-electron chi connectivity index (χ1n) is 9.10. The summed E-state index contributed by atoms with van der Waals surface area (Å²) in [5.74, 6) is -1.77. The fourth-order valence-electron chi connectivity index (χ4n) is 2.76. The molecule has 0 spiro atoms. The number of benzene rings is 2. The van der Waals surface area contributed by atoms with Crippen LogP contribution in [0.15, 0.2) is 70.9 Å². The van der Waals surface area contributed by atoms with E-state index in [0.717, 1.165) is 5.56 Å². The number of sulfone groups is 1. The van der Waals surface area contributed by atoms with E-state index in [1.165, 1.54) is 35.6 Å². The number of carbonyl (C=O) groups excluding carboxylic acids is 2. The van der Waals surface area contributed by atoms with E-state index in [0.29, 0.717) is 14.9 Å². The highest BCUT2D eigenvalue weighted by molar-refractivity contribution is 7.91. The van der Waals surface area contributed by atoms with Crippen molar-refractivity contribution in [3.05, 3.63) is 86.5 Å². The first-order chi connectivity index (χ1) is 14.8. The van der Waals surface area contributed by atoms with E-state index in [-0.39, 0.29) is 18.0 Å². The van der Waals surface area contributed by atoms with Gasteiger partial charge < -0.3 is 10.6 Å². The van der Waals surface area contributed by atoms with Gasteiger partial charge in [0.15, 0.2) is 9.84 Å². The molecule has 0 bridgehead atoms. The van der Waals surface area contributed by atoms with Crippen LogP contribution in [0.4, 0.5) is 0 Å². The zero-order valence-electron chi connectivity index (χ0n) is 16.0. The molecule has 6 nitrogen and oxygen atoms in total. The molecule has 2 amide bonds. The van der Waals surface area contributed by atoms with Crippen molar-refractivity contribution in [1.82, 2.24) is 10.6 Å². The smallest absolute Gasteiger partial charge is 0.309 e. The first-order valence-corrected chi connectivity index (χ1v) is 12.3. The monoisotopic (exact) mass is 496 g/mol. The quantitative estimate of drug-likeness (QED) is 0.483. The minimum atomic E-state index is -3.83.